The van der Waals surface area contributed by atoms with Crippen molar-refractivity contribution in [2.75, 3.05) is 13.1 Å². The largest absolute Gasteiger partial charge is 0.506 e. The van der Waals surface area contributed by atoms with Gasteiger partial charge in [0.2, 0.25) is 11.2 Å². The zero-order valence-corrected chi connectivity index (χ0v) is 27.6. The summed E-state index contributed by atoms with van der Waals surface area (Å²) in [7, 11) is 0. The van der Waals surface area contributed by atoms with Crippen molar-refractivity contribution in [1.29, 1.82) is 0 Å². The van der Waals surface area contributed by atoms with E-state index in [9.17, 15) is 34.8 Å². The van der Waals surface area contributed by atoms with Crippen LogP contribution in [0.25, 0.3) is 21.3 Å². The third-order valence-corrected chi connectivity index (χ3v) is 9.72. The molecule has 0 saturated carbocycles. The Balaban J connectivity index is 0.983. The Morgan fingerprint density at radius 2 is 1.52 bits per heavy atom. The average molecular weight is 690 g/mol. The molecule has 6 rings (SSSR count). The van der Waals surface area contributed by atoms with E-state index in [1.165, 1.54) is 23.5 Å². The number of amides is 1. The maximum absolute atomic E-state index is 12.9. The molecule has 0 aliphatic carbocycles. The van der Waals surface area contributed by atoms with Crippen molar-refractivity contribution in [2.24, 2.45) is 0 Å². The number of aromatic amines is 1. The van der Waals surface area contributed by atoms with Crippen molar-refractivity contribution in [3.8, 4) is 16.2 Å². The minimum atomic E-state index is -2.18. The fraction of sp³-hybridized carbons (Fsp3) is 0.154. The second-order valence-corrected chi connectivity index (χ2v) is 13.0. The summed E-state index contributed by atoms with van der Waals surface area (Å²) < 4.78 is 0. The molecule has 11 heteroatoms. The number of H-pyrrole nitrogens is 1. The number of aliphatic carboxylic acids is 1. The molecule has 0 radical (unpaired) electrons. The predicted octanol–water partition coefficient (Wildman–Crippen LogP) is 5.08. The van der Waals surface area contributed by atoms with E-state index < -0.39 is 17.7 Å². The Labute approximate surface area is 291 Å². The number of hydrogen-bond acceptors (Lipinski definition) is 8. The number of phenols is 1. The molecule has 4 aromatic carbocycles. The number of benzene rings is 4. The maximum Gasteiger partial charge on any atom is 0.345 e. The number of pyridine rings is 1. The van der Waals surface area contributed by atoms with E-state index in [1.807, 2.05) is 30.3 Å². The monoisotopic (exact) mass is 689 g/mol. The van der Waals surface area contributed by atoms with Gasteiger partial charge in [-0.15, -0.1) is 11.3 Å². The van der Waals surface area contributed by atoms with Gasteiger partial charge in [0.15, 0.2) is 0 Å². The van der Waals surface area contributed by atoms with Crippen LogP contribution in [0.2, 0.25) is 0 Å². The second kappa shape index (κ2) is 14.9. The van der Waals surface area contributed by atoms with Gasteiger partial charge in [-0.2, -0.15) is 0 Å². The van der Waals surface area contributed by atoms with Crippen LogP contribution in [0.5, 0.6) is 5.75 Å². The van der Waals surface area contributed by atoms with Crippen molar-refractivity contribution in [3.63, 3.8) is 0 Å². The van der Waals surface area contributed by atoms with Crippen molar-refractivity contribution in [2.45, 2.75) is 24.7 Å². The van der Waals surface area contributed by atoms with Crippen molar-refractivity contribution >= 4 is 34.1 Å². The van der Waals surface area contributed by atoms with E-state index in [-0.39, 0.29) is 28.3 Å². The summed E-state index contributed by atoms with van der Waals surface area (Å²) in [6.45, 7) is 1.27. The minimum Gasteiger partial charge on any atom is -0.506 e. The first-order chi connectivity index (χ1) is 24.1. The fourth-order valence-electron chi connectivity index (χ4n) is 5.81. The molecule has 0 aliphatic heterocycles. The molecule has 2 atom stereocenters. The van der Waals surface area contributed by atoms with Gasteiger partial charge in [0.05, 0.1) is 16.5 Å². The summed E-state index contributed by atoms with van der Waals surface area (Å²) in [6, 6.07) is 32.5. The number of carboxylic acid groups (broad SMARTS) is 1. The number of phenolic OH excluding ortho intramolecular Hbond substituents is 1. The van der Waals surface area contributed by atoms with Gasteiger partial charge < -0.3 is 36.0 Å². The van der Waals surface area contributed by atoms with Crippen LogP contribution in [0.1, 0.15) is 43.6 Å². The number of fused-ring (bicyclic) bond motifs is 1. The number of aromatic nitrogens is 1. The zero-order valence-electron chi connectivity index (χ0n) is 26.8. The molecule has 0 fully saturated rings. The van der Waals surface area contributed by atoms with Crippen LogP contribution >= 0.6 is 11.3 Å². The Hall–Kier alpha value is -5.59. The summed E-state index contributed by atoms with van der Waals surface area (Å²) in [4.78, 5) is 40.6. The average Bonchev–Trinajstić information content (AvgIpc) is 3.64. The Bertz CT molecular complexity index is 2180. The first-order valence-electron chi connectivity index (χ1n) is 15.9. The lowest BCUT2D eigenvalue weighted by atomic mass is 9.86. The Morgan fingerprint density at radius 1 is 0.820 bits per heavy atom. The molecular formula is C39H35N3O7S. The van der Waals surface area contributed by atoms with Crippen LogP contribution in [0.3, 0.4) is 0 Å². The summed E-state index contributed by atoms with van der Waals surface area (Å²) in [6.07, 6.45) is -0.107. The highest BCUT2D eigenvalue weighted by atomic mass is 32.1. The van der Waals surface area contributed by atoms with E-state index in [2.05, 4.69) is 15.6 Å². The van der Waals surface area contributed by atoms with E-state index in [1.54, 1.807) is 72.8 Å². The first kappa shape index (κ1) is 34.3. The van der Waals surface area contributed by atoms with E-state index in [4.69, 9.17) is 0 Å². The van der Waals surface area contributed by atoms with Crippen LogP contribution in [-0.2, 0) is 23.4 Å². The van der Waals surface area contributed by atoms with Crippen LogP contribution in [0.15, 0.2) is 120 Å². The molecule has 6 aromatic rings. The zero-order chi connectivity index (χ0) is 35.3. The molecule has 10 nitrogen and oxygen atoms in total. The molecule has 7 N–H and O–H groups in total. The first-order valence-corrected chi connectivity index (χ1v) is 16.8. The highest BCUT2D eigenvalue weighted by Crippen LogP contribution is 2.34. The molecule has 1 amide bonds. The van der Waals surface area contributed by atoms with E-state index in [0.29, 0.717) is 41.0 Å². The number of aliphatic hydroxyl groups is 2. The SMILES string of the molecule is O=C(NCc1ccc(CCNCC(O)c2ccc(O)c3[nH]c(=O)ccc23)cc1)c1ccc(-c2ccc(C(O)(C(=O)O)c3ccccc3)cc2)s1. The van der Waals surface area contributed by atoms with Crippen LogP contribution < -0.4 is 16.2 Å². The van der Waals surface area contributed by atoms with Crippen molar-refractivity contribution in [3.05, 3.63) is 158 Å². The van der Waals surface area contributed by atoms with Gasteiger partial charge in [0.25, 0.3) is 5.91 Å². The molecule has 50 heavy (non-hydrogen) atoms. The third-order valence-electron chi connectivity index (χ3n) is 8.59. The normalized spacial score (nSPS) is 13.1. The lowest BCUT2D eigenvalue weighted by Crippen LogP contribution is -2.36. The number of hydrogen-bond donors (Lipinski definition) is 7. The Kier molecular flexibility index (Phi) is 10.2. The van der Waals surface area contributed by atoms with E-state index >= 15 is 0 Å². The van der Waals surface area contributed by atoms with Crippen LogP contribution in [-0.4, -0.2) is 50.4 Å². The summed E-state index contributed by atoms with van der Waals surface area (Å²) >= 11 is 1.32. The van der Waals surface area contributed by atoms with Crippen molar-refractivity contribution in [1.82, 2.24) is 15.6 Å². The smallest absolute Gasteiger partial charge is 0.345 e. The maximum atomic E-state index is 12.9. The highest BCUT2D eigenvalue weighted by molar-refractivity contribution is 7.17. The number of nitrogens with one attached hydrogen (secondary N) is 3. The number of aromatic hydroxyl groups is 1. The van der Waals surface area contributed by atoms with Gasteiger partial charge in [-0.05, 0) is 70.6 Å². The van der Waals surface area contributed by atoms with Crippen molar-refractivity contribution < 1.29 is 30.0 Å². The van der Waals surface area contributed by atoms with Gasteiger partial charge in [-0.3, -0.25) is 9.59 Å². The predicted molar refractivity (Wildman–Crippen MR) is 192 cm³/mol. The number of carbonyl (C=O) groups excluding carboxylic acids is 1. The van der Waals surface area contributed by atoms with Gasteiger partial charge in [-0.1, -0.05) is 84.9 Å². The molecule has 0 saturated heterocycles. The second-order valence-electron chi connectivity index (χ2n) is 11.9. The molecule has 2 unspecified atom stereocenters. The molecule has 0 spiro atoms. The lowest BCUT2D eigenvalue weighted by Gasteiger charge is -2.24. The quantitative estimate of drug-likeness (QED) is 0.0823. The number of aliphatic hydroxyl groups excluding tert-OH is 1. The van der Waals surface area contributed by atoms with Crippen LogP contribution in [0.4, 0.5) is 0 Å². The fourth-order valence-corrected chi connectivity index (χ4v) is 6.74. The van der Waals surface area contributed by atoms with Gasteiger partial charge in [-0.25, -0.2) is 4.79 Å². The molecular weight excluding hydrogens is 655 g/mol. The number of carboxylic acids is 1. The highest BCUT2D eigenvalue weighted by Gasteiger charge is 2.40. The third kappa shape index (κ3) is 7.36. The van der Waals surface area contributed by atoms with Gasteiger partial charge >= 0.3 is 5.97 Å². The number of thiophene rings is 1. The molecule has 2 heterocycles. The topological polar surface area (TPSA) is 172 Å². The standard InChI is InChI=1S/C39H35N3O7S/c43-31-16-14-29(30-15-19-35(45)42-36(30)31)32(44)23-40-21-20-24-6-8-25(9-7-24)22-41-37(46)34-18-17-33(50-34)26-10-12-28(13-11-26)39(49,38(47)48)27-4-2-1-3-5-27/h1-19,32,40,43-44,49H,20-23H2,(H,41,46)(H,42,45)(H,47,48). The van der Waals surface area contributed by atoms with E-state index in [0.717, 1.165) is 28.0 Å². The Morgan fingerprint density at radius 3 is 2.24 bits per heavy atom. The molecule has 0 aliphatic rings. The lowest BCUT2D eigenvalue weighted by molar-refractivity contribution is -0.155. The molecule has 2 aromatic heterocycles. The minimum absolute atomic E-state index is 0.0515. The number of carbonyl (C=O) groups is 2. The van der Waals surface area contributed by atoms with Gasteiger partial charge in [0, 0.05) is 29.4 Å². The molecule has 0 bridgehead atoms. The van der Waals surface area contributed by atoms with Crippen LogP contribution in [0, 0.1) is 0 Å². The summed E-state index contributed by atoms with van der Waals surface area (Å²) in [5.74, 6) is -1.63. The summed E-state index contributed by atoms with van der Waals surface area (Å²) in [5, 5.41) is 48.6. The number of rotatable bonds is 13. The molecule has 254 valence electrons. The van der Waals surface area contributed by atoms with Gasteiger partial charge in [0.1, 0.15) is 5.75 Å². The summed E-state index contributed by atoms with van der Waals surface area (Å²) in [5.41, 5.74) is 1.71.